The Kier molecular flexibility index (Phi) is 12.8. The molecule has 0 radical (unpaired) electrons. The molecule has 11 nitrogen and oxygen atoms in total. The van der Waals surface area contributed by atoms with Gasteiger partial charge in [-0.2, -0.15) is 30.7 Å². The van der Waals surface area contributed by atoms with Crippen molar-refractivity contribution >= 4 is 46.8 Å². The van der Waals surface area contributed by atoms with Crippen molar-refractivity contribution in [2.75, 3.05) is 29.5 Å². The van der Waals surface area contributed by atoms with Gasteiger partial charge in [0, 0.05) is 13.6 Å². The summed E-state index contributed by atoms with van der Waals surface area (Å²) in [4.78, 5) is 43.8. The van der Waals surface area contributed by atoms with Crippen molar-refractivity contribution in [3.05, 3.63) is 34.6 Å². The molecule has 0 saturated carbocycles. The molecule has 0 bridgehead atoms. The highest BCUT2D eigenvalue weighted by molar-refractivity contribution is 6.32. The maximum absolute atomic E-state index is 13.0. The fourth-order valence-corrected chi connectivity index (χ4v) is 2.57. The van der Waals surface area contributed by atoms with Gasteiger partial charge in [0.05, 0.1) is 11.9 Å². The molecule has 0 atom stereocenters. The Morgan fingerprint density at radius 3 is 1.92 bits per heavy atom. The number of nitrogens with two attached hydrogens (primary N) is 1. The van der Waals surface area contributed by atoms with Crippen molar-refractivity contribution in [3.63, 3.8) is 0 Å². The summed E-state index contributed by atoms with van der Waals surface area (Å²) >= 11 is 6.17. The van der Waals surface area contributed by atoms with E-state index in [4.69, 9.17) is 37.1 Å². The smallest absolute Gasteiger partial charge is 0.475 e. The number of halogens is 8. The number of alkyl halides is 6. The summed E-state index contributed by atoms with van der Waals surface area (Å²) in [5.74, 6) is -5.98. The highest BCUT2D eigenvalue weighted by Gasteiger charge is 2.38. The number of pyridine rings is 1. The predicted molar refractivity (Wildman–Crippen MR) is 124 cm³/mol. The molecule has 0 aliphatic carbocycles. The second-order valence-electron chi connectivity index (χ2n) is 7.73. The number of aryl methyl sites for hydroxylation is 1. The summed E-state index contributed by atoms with van der Waals surface area (Å²) in [5.41, 5.74) is 6.65. The molecule has 19 heteroatoms. The van der Waals surface area contributed by atoms with Gasteiger partial charge in [0.1, 0.15) is 0 Å². The molecule has 5 N–H and O–H groups in total. The quantitative estimate of drug-likeness (QED) is 0.291. The number of aromatic nitrogens is 3. The average Bonchev–Trinajstić information content (AvgIpc) is 2.76. The lowest BCUT2D eigenvalue weighted by molar-refractivity contribution is -0.193. The van der Waals surface area contributed by atoms with Gasteiger partial charge in [-0.15, -0.1) is 0 Å². The van der Waals surface area contributed by atoms with Crippen LogP contribution in [0.5, 0.6) is 0 Å². The van der Waals surface area contributed by atoms with Crippen LogP contribution in [-0.2, 0) is 9.59 Å². The van der Waals surface area contributed by atoms with E-state index < -0.39 is 36.1 Å². The molecule has 1 amide bonds. The standard InChI is InChI=1S/C16H20ClFN6O.2C2HF3O2/c1-8(2)7-24(4)15-13(17)22-12(14(19)23-15)16(25)21-10-6-20-11(18)5-9(10)3;2*3-2(4,5)1(6)7/h5-6,8H,7H2,1-4H3,(H2,19,23)(H,21,25);2*(H,6,7). The summed E-state index contributed by atoms with van der Waals surface area (Å²) in [6, 6.07) is 1.21. The van der Waals surface area contributed by atoms with Crippen LogP contribution >= 0.6 is 11.6 Å². The van der Waals surface area contributed by atoms with Crippen molar-refractivity contribution < 1.29 is 55.3 Å². The summed E-state index contributed by atoms with van der Waals surface area (Å²) in [5, 5.41) is 16.9. The fraction of sp³-hybridized carbons (Fsp3) is 0.400. The van der Waals surface area contributed by atoms with E-state index in [0.29, 0.717) is 29.5 Å². The largest absolute Gasteiger partial charge is 0.490 e. The van der Waals surface area contributed by atoms with Gasteiger partial charge in [0.15, 0.2) is 22.5 Å². The number of aliphatic carboxylic acids is 2. The Morgan fingerprint density at radius 2 is 1.54 bits per heavy atom. The number of nitrogens with zero attached hydrogens (tertiary/aromatic N) is 4. The van der Waals surface area contributed by atoms with Crippen LogP contribution in [0.2, 0.25) is 5.15 Å². The third-order valence-corrected chi connectivity index (χ3v) is 4.14. The van der Waals surface area contributed by atoms with Crippen molar-refractivity contribution in [2.45, 2.75) is 33.1 Å². The molecule has 0 fully saturated rings. The van der Waals surface area contributed by atoms with Crippen LogP contribution in [-0.4, -0.2) is 69.0 Å². The molecule has 0 aromatic carbocycles. The molecule has 0 spiro atoms. The number of anilines is 3. The third-order valence-electron chi connectivity index (χ3n) is 3.89. The minimum Gasteiger partial charge on any atom is -0.475 e. The van der Waals surface area contributed by atoms with Crippen molar-refractivity contribution in [3.8, 4) is 0 Å². The predicted octanol–water partition coefficient (Wildman–Crippen LogP) is 4.17. The number of carboxylic acids is 2. The van der Waals surface area contributed by atoms with E-state index in [1.165, 1.54) is 12.3 Å². The van der Waals surface area contributed by atoms with Gasteiger partial charge in [-0.25, -0.2) is 24.5 Å². The van der Waals surface area contributed by atoms with Gasteiger partial charge >= 0.3 is 24.3 Å². The zero-order valence-electron chi connectivity index (χ0n) is 20.4. The molecule has 39 heavy (non-hydrogen) atoms. The van der Waals surface area contributed by atoms with E-state index in [1.54, 1.807) is 6.92 Å². The summed E-state index contributed by atoms with van der Waals surface area (Å²) < 4.78 is 76.5. The van der Waals surface area contributed by atoms with Crippen LogP contribution in [0.1, 0.15) is 29.9 Å². The van der Waals surface area contributed by atoms with E-state index >= 15 is 0 Å². The van der Waals surface area contributed by atoms with E-state index in [2.05, 4.69) is 34.1 Å². The second-order valence-corrected chi connectivity index (χ2v) is 8.09. The van der Waals surface area contributed by atoms with Crippen LogP contribution in [0.4, 0.5) is 48.1 Å². The SMILES string of the molecule is Cc1cc(F)ncc1NC(=O)c1nc(Cl)c(N(C)CC(C)C)nc1N.O=C(O)C(F)(F)F.O=C(O)C(F)(F)F. The zero-order chi connectivity index (χ0) is 30.9. The van der Waals surface area contributed by atoms with E-state index in [0.717, 1.165) is 0 Å². The third kappa shape index (κ3) is 12.4. The Balaban J connectivity index is 0.000000848. The van der Waals surface area contributed by atoms with Crippen LogP contribution in [0.15, 0.2) is 12.3 Å². The Hall–Kier alpha value is -3.96. The molecular weight excluding hydrogens is 573 g/mol. The average molecular weight is 595 g/mol. The first-order valence-electron chi connectivity index (χ1n) is 10.2. The van der Waals surface area contributed by atoms with Crippen molar-refractivity contribution in [2.24, 2.45) is 5.92 Å². The molecule has 0 unspecified atom stereocenters. The summed E-state index contributed by atoms with van der Waals surface area (Å²) in [6.45, 7) is 6.47. The van der Waals surface area contributed by atoms with Crippen molar-refractivity contribution in [1.82, 2.24) is 15.0 Å². The normalized spacial score (nSPS) is 11.0. The minimum absolute atomic E-state index is 0.0415. The maximum atomic E-state index is 13.0. The number of carboxylic acid groups (broad SMARTS) is 2. The minimum atomic E-state index is -5.08. The number of amides is 1. The molecule has 2 heterocycles. The number of carbonyl (C=O) groups excluding carboxylic acids is 1. The molecule has 218 valence electrons. The number of nitrogen functional groups attached to an aromatic ring is 1. The lowest BCUT2D eigenvalue weighted by Gasteiger charge is -2.21. The number of rotatable bonds is 5. The summed E-state index contributed by atoms with van der Waals surface area (Å²) in [7, 11) is 1.82. The van der Waals surface area contributed by atoms with E-state index in [9.17, 15) is 35.5 Å². The fourth-order valence-electron chi connectivity index (χ4n) is 2.30. The van der Waals surface area contributed by atoms with Gasteiger partial charge in [-0.05, 0) is 24.5 Å². The first-order valence-corrected chi connectivity index (χ1v) is 10.5. The number of hydrogen-bond acceptors (Lipinski definition) is 8. The molecule has 0 saturated heterocycles. The molecule has 2 rings (SSSR count). The first kappa shape index (κ1) is 35.0. The van der Waals surface area contributed by atoms with Gasteiger partial charge in [0.2, 0.25) is 5.95 Å². The highest BCUT2D eigenvalue weighted by atomic mass is 35.5. The maximum Gasteiger partial charge on any atom is 0.490 e. The molecular formula is C20H22ClF7N6O5. The van der Waals surface area contributed by atoms with E-state index in [1.807, 2.05) is 11.9 Å². The number of hydrogen-bond donors (Lipinski definition) is 4. The molecule has 2 aromatic rings. The van der Waals surface area contributed by atoms with Crippen LogP contribution in [0.3, 0.4) is 0 Å². The van der Waals surface area contributed by atoms with Gasteiger partial charge in [-0.3, -0.25) is 4.79 Å². The Labute approximate surface area is 220 Å². The summed E-state index contributed by atoms with van der Waals surface area (Å²) in [6.07, 6.45) is -8.95. The van der Waals surface area contributed by atoms with Gasteiger partial charge < -0.3 is 26.2 Å². The lowest BCUT2D eigenvalue weighted by Crippen LogP contribution is -2.26. The zero-order valence-corrected chi connectivity index (χ0v) is 21.2. The number of carbonyl (C=O) groups is 3. The topological polar surface area (TPSA) is 172 Å². The lowest BCUT2D eigenvalue weighted by atomic mass is 10.2. The van der Waals surface area contributed by atoms with Gasteiger partial charge in [0.25, 0.3) is 5.91 Å². The van der Waals surface area contributed by atoms with Crippen LogP contribution in [0.25, 0.3) is 0 Å². The molecule has 2 aromatic heterocycles. The first-order chi connectivity index (χ1) is 17.6. The highest BCUT2D eigenvalue weighted by Crippen LogP contribution is 2.25. The molecule has 0 aliphatic heterocycles. The van der Waals surface area contributed by atoms with Crippen LogP contribution < -0.4 is 16.0 Å². The number of nitrogens with one attached hydrogen (secondary N) is 1. The van der Waals surface area contributed by atoms with Gasteiger partial charge in [-0.1, -0.05) is 25.4 Å². The van der Waals surface area contributed by atoms with Crippen molar-refractivity contribution in [1.29, 1.82) is 0 Å². The van der Waals surface area contributed by atoms with E-state index in [-0.39, 0.29) is 16.7 Å². The Morgan fingerprint density at radius 1 is 1.08 bits per heavy atom. The Bertz CT molecular complexity index is 1150. The molecule has 0 aliphatic rings. The monoisotopic (exact) mass is 594 g/mol. The second kappa shape index (κ2) is 14.3. The van der Waals surface area contributed by atoms with Crippen LogP contribution in [0, 0.1) is 18.8 Å².